The van der Waals surface area contributed by atoms with Crippen LogP contribution in [0.2, 0.25) is 0 Å². The maximum absolute atomic E-state index is 12.5. The Kier molecular flexibility index (Phi) is 4.28. The van der Waals surface area contributed by atoms with Gasteiger partial charge in [-0.2, -0.15) is 4.98 Å². The van der Waals surface area contributed by atoms with Crippen LogP contribution >= 0.6 is 0 Å². The van der Waals surface area contributed by atoms with Gasteiger partial charge in [-0.1, -0.05) is 6.07 Å². The van der Waals surface area contributed by atoms with E-state index in [4.69, 9.17) is 14.7 Å². The molecule has 0 amide bonds. The Balaban J connectivity index is 1.49. The first kappa shape index (κ1) is 17.9. The molecular formula is C20H24N4O3S. The third kappa shape index (κ3) is 2.86. The molecule has 148 valence electrons. The number of nitrogens with zero attached hydrogens (tertiary/aromatic N) is 3. The fourth-order valence-electron chi connectivity index (χ4n) is 4.23. The second kappa shape index (κ2) is 6.70. The van der Waals surface area contributed by atoms with Crippen LogP contribution in [0, 0.1) is 0 Å². The van der Waals surface area contributed by atoms with Crippen molar-refractivity contribution in [2.45, 2.75) is 49.2 Å². The van der Waals surface area contributed by atoms with Crippen LogP contribution in [0.5, 0.6) is 5.75 Å². The van der Waals surface area contributed by atoms with E-state index < -0.39 is 10.8 Å². The first-order chi connectivity index (χ1) is 13.6. The summed E-state index contributed by atoms with van der Waals surface area (Å²) in [5, 5.41) is 13.3. The minimum absolute atomic E-state index is 0.0582. The number of aryl methyl sites for hydroxylation is 1. The van der Waals surface area contributed by atoms with Crippen LogP contribution in [0.1, 0.15) is 36.1 Å². The van der Waals surface area contributed by atoms with Gasteiger partial charge in [-0.05, 0) is 42.5 Å². The van der Waals surface area contributed by atoms with E-state index >= 15 is 0 Å². The quantitative estimate of drug-likeness (QED) is 0.794. The Labute approximate surface area is 166 Å². The molecule has 1 unspecified atom stereocenters. The smallest absolute Gasteiger partial charge is 0.228 e. The molecule has 2 N–H and O–H groups in total. The lowest BCUT2D eigenvalue weighted by Gasteiger charge is -2.41. The molecular weight excluding hydrogens is 376 g/mol. The average molecular weight is 401 g/mol. The van der Waals surface area contributed by atoms with E-state index in [0.717, 1.165) is 48.7 Å². The number of hydrogen-bond acceptors (Lipinski definition) is 7. The standard InChI is InChI=1S/C20H24N4O3S/c1-27-15-4-3-13-10-24(11-14(13)9-15)19-21-16-5-8-28(26)17(16)18(22-19)23-20(12-25)6-2-7-20/h3-4,9,25H,2,5-8,10-12H2,1H3,(H,21,22,23). The lowest BCUT2D eigenvalue weighted by molar-refractivity contribution is 0.143. The molecule has 1 aromatic heterocycles. The summed E-state index contributed by atoms with van der Waals surface area (Å²) in [4.78, 5) is 12.4. The molecule has 0 radical (unpaired) electrons. The van der Waals surface area contributed by atoms with E-state index in [1.165, 1.54) is 11.1 Å². The predicted molar refractivity (Wildman–Crippen MR) is 107 cm³/mol. The van der Waals surface area contributed by atoms with Crippen molar-refractivity contribution in [2.75, 3.05) is 29.7 Å². The number of methoxy groups -OCH3 is 1. The molecule has 1 atom stereocenters. The summed E-state index contributed by atoms with van der Waals surface area (Å²) in [6.07, 6.45) is 3.59. The average Bonchev–Trinajstić information content (AvgIpc) is 3.27. The summed E-state index contributed by atoms with van der Waals surface area (Å²) in [5.41, 5.74) is 2.99. The molecule has 0 bridgehead atoms. The number of ether oxygens (including phenoxy) is 1. The van der Waals surface area contributed by atoms with Gasteiger partial charge in [-0.25, -0.2) is 4.98 Å². The Bertz CT molecular complexity index is 955. The number of aliphatic hydroxyl groups is 1. The summed E-state index contributed by atoms with van der Waals surface area (Å²) in [5.74, 6) is 2.73. The zero-order valence-electron chi connectivity index (χ0n) is 15.9. The molecule has 3 aliphatic rings. The van der Waals surface area contributed by atoms with E-state index in [1.54, 1.807) is 7.11 Å². The van der Waals surface area contributed by atoms with Crippen LogP contribution in [-0.4, -0.2) is 44.3 Å². The molecule has 0 spiro atoms. The first-order valence-corrected chi connectivity index (χ1v) is 11.0. The number of anilines is 2. The van der Waals surface area contributed by atoms with E-state index in [1.807, 2.05) is 6.07 Å². The van der Waals surface area contributed by atoms with Gasteiger partial charge < -0.3 is 20.1 Å². The highest BCUT2D eigenvalue weighted by Gasteiger charge is 2.39. The number of aliphatic hydroxyl groups excluding tert-OH is 1. The van der Waals surface area contributed by atoms with Crippen LogP contribution in [0.4, 0.5) is 11.8 Å². The van der Waals surface area contributed by atoms with Crippen LogP contribution in [0.25, 0.3) is 0 Å². The summed E-state index contributed by atoms with van der Waals surface area (Å²) in [6, 6.07) is 6.13. The highest BCUT2D eigenvalue weighted by atomic mass is 32.2. The number of hydrogen-bond donors (Lipinski definition) is 2. The normalized spacial score (nSPS) is 21.8. The molecule has 8 heteroatoms. The highest BCUT2D eigenvalue weighted by Crippen LogP contribution is 2.39. The number of benzene rings is 1. The lowest BCUT2D eigenvalue weighted by atomic mass is 9.77. The number of aromatic nitrogens is 2. The summed E-state index contributed by atoms with van der Waals surface area (Å²) < 4.78 is 17.9. The molecule has 2 aliphatic heterocycles. The van der Waals surface area contributed by atoms with Crippen LogP contribution in [0.3, 0.4) is 0 Å². The van der Waals surface area contributed by atoms with Gasteiger partial charge in [0.15, 0.2) is 0 Å². The van der Waals surface area contributed by atoms with Crippen LogP contribution in [0.15, 0.2) is 23.1 Å². The topological polar surface area (TPSA) is 87.6 Å². The zero-order chi connectivity index (χ0) is 19.3. The van der Waals surface area contributed by atoms with Crippen molar-refractivity contribution >= 4 is 22.6 Å². The fraction of sp³-hybridized carbons (Fsp3) is 0.500. The molecule has 28 heavy (non-hydrogen) atoms. The third-order valence-electron chi connectivity index (χ3n) is 6.09. The Morgan fingerprint density at radius 2 is 2.11 bits per heavy atom. The molecule has 1 fully saturated rings. The van der Waals surface area contributed by atoms with Gasteiger partial charge in [0.25, 0.3) is 0 Å². The van der Waals surface area contributed by atoms with Crippen molar-refractivity contribution < 1.29 is 14.1 Å². The zero-order valence-corrected chi connectivity index (χ0v) is 16.7. The minimum Gasteiger partial charge on any atom is -0.497 e. The molecule has 1 saturated carbocycles. The second-order valence-corrected chi connectivity index (χ2v) is 9.36. The van der Waals surface area contributed by atoms with Crippen molar-refractivity contribution in [3.05, 3.63) is 35.0 Å². The lowest BCUT2D eigenvalue weighted by Crippen LogP contribution is -2.48. The molecule has 3 heterocycles. The molecule has 0 saturated heterocycles. The molecule has 2 aromatic rings. The monoisotopic (exact) mass is 400 g/mol. The molecule has 1 aromatic carbocycles. The fourth-order valence-corrected chi connectivity index (χ4v) is 5.53. The van der Waals surface area contributed by atoms with E-state index in [-0.39, 0.29) is 12.1 Å². The van der Waals surface area contributed by atoms with Crippen molar-refractivity contribution in [3.8, 4) is 5.75 Å². The van der Waals surface area contributed by atoms with Crippen molar-refractivity contribution in [3.63, 3.8) is 0 Å². The second-order valence-electron chi connectivity index (χ2n) is 7.86. The van der Waals surface area contributed by atoms with Crippen molar-refractivity contribution in [1.82, 2.24) is 9.97 Å². The molecule has 1 aliphatic carbocycles. The van der Waals surface area contributed by atoms with Gasteiger partial charge in [-0.3, -0.25) is 4.21 Å². The first-order valence-electron chi connectivity index (χ1n) is 9.70. The van der Waals surface area contributed by atoms with Crippen molar-refractivity contribution in [1.29, 1.82) is 0 Å². The van der Waals surface area contributed by atoms with Gasteiger partial charge in [0.1, 0.15) is 16.5 Å². The maximum atomic E-state index is 12.5. The predicted octanol–water partition coefficient (Wildman–Crippen LogP) is 2.00. The molecule has 7 nitrogen and oxygen atoms in total. The summed E-state index contributed by atoms with van der Waals surface area (Å²) in [6.45, 7) is 1.52. The maximum Gasteiger partial charge on any atom is 0.228 e. The van der Waals surface area contributed by atoms with Gasteiger partial charge in [0.05, 0.1) is 35.7 Å². The van der Waals surface area contributed by atoms with Gasteiger partial charge >= 0.3 is 0 Å². The Hall–Kier alpha value is -2.19. The highest BCUT2D eigenvalue weighted by molar-refractivity contribution is 7.85. The largest absolute Gasteiger partial charge is 0.497 e. The molecule has 5 rings (SSSR count). The van der Waals surface area contributed by atoms with Gasteiger partial charge in [-0.15, -0.1) is 0 Å². The van der Waals surface area contributed by atoms with E-state index in [9.17, 15) is 9.32 Å². The van der Waals surface area contributed by atoms with Crippen LogP contribution < -0.4 is 15.0 Å². The van der Waals surface area contributed by atoms with Crippen molar-refractivity contribution in [2.24, 2.45) is 0 Å². The number of nitrogens with one attached hydrogen (secondary N) is 1. The van der Waals surface area contributed by atoms with E-state index in [2.05, 4.69) is 22.3 Å². The van der Waals surface area contributed by atoms with E-state index in [0.29, 0.717) is 23.9 Å². The summed E-state index contributed by atoms with van der Waals surface area (Å²) in [7, 11) is 0.592. The minimum atomic E-state index is -1.08. The Morgan fingerprint density at radius 3 is 2.82 bits per heavy atom. The van der Waals surface area contributed by atoms with Crippen LogP contribution in [-0.2, 0) is 30.3 Å². The third-order valence-corrected chi connectivity index (χ3v) is 7.55. The van der Waals surface area contributed by atoms with Gasteiger partial charge in [0.2, 0.25) is 5.95 Å². The number of fused-ring (bicyclic) bond motifs is 2. The Morgan fingerprint density at radius 1 is 1.29 bits per heavy atom. The number of rotatable bonds is 5. The SMILES string of the molecule is COc1ccc2c(c1)CN(c1nc3c(c(NC4(CO)CCC4)n1)S(=O)CC3)C2. The summed E-state index contributed by atoms with van der Waals surface area (Å²) >= 11 is 0. The van der Waals surface area contributed by atoms with Gasteiger partial charge in [0, 0.05) is 25.3 Å².